The summed E-state index contributed by atoms with van der Waals surface area (Å²) >= 11 is 0. The highest BCUT2D eigenvalue weighted by molar-refractivity contribution is 6.04. The fraction of sp³-hybridized carbons (Fsp3) is 0.333. The molecule has 2 amide bonds. The van der Waals surface area contributed by atoms with Gasteiger partial charge in [-0.25, -0.2) is 0 Å². The zero-order valence-corrected chi connectivity index (χ0v) is 21.5. The molecule has 0 saturated heterocycles. The molecule has 0 radical (unpaired) electrons. The summed E-state index contributed by atoms with van der Waals surface area (Å²) in [5, 5.41) is 5.79. The van der Waals surface area contributed by atoms with Crippen molar-refractivity contribution in [3.8, 4) is 5.75 Å². The summed E-state index contributed by atoms with van der Waals surface area (Å²) in [5.41, 5.74) is 4.05. The molecule has 0 heterocycles. The van der Waals surface area contributed by atoms with Crippen molar-refractivity contribution in [2.75, 3.05) is 10.6 Å². The van der Waals surface area contributed by atoms with Crippen LogP contribution in [0.15, 0.2) is 72.8 Å². The molecule has 2 atom stereocenters. The molecule has 5 heteroatoms. The van der Waals surface area contributed by atoms with E-state index in [1.807, 2.05) is 48.5 Å². The lowest BCUT2D eigenvalue weighted by atomic mass is 9.87. The van der Waals surface area contributed by atoms with Crippen LogP contribution in [0.3, 0.4) is 0 Å². The molecular formula is C30H36N2O3. The predicted molar refractivity (Wildman–Crippen MR) is 143 cm³/mol. The van der Waals surface area contributed by atoms with Crippen LogP contribution in [0.2, 0.25) is 0 Å². The van der Waals surface area contributed by atoms with Crippen molar-refractivity contribution in [3.05, 3.63) is 89.5 Å². The van der Waals surface area contributed by atoms with Crippen molar-refractivity contribution in [1.82, 2.24) is 0 Å². The summed E-state index contributed by atoms with van der Waals surface area (Å²) in [6, 6.07) is 22.6. The van der Waals surface area contributed by atoms with E-state index in [-0.39, 0.29) is 17.2 Å². The van der Waals surface area contributed by atoms with Gasteiger partial charge in [0.1, 0.15) is 5.75 Å². The third kappa shape index (κ3) is 6.95. The second kappa shape index (κ2) is 11.2. The Kier molecular flexibility index (Phi) is 8.34. The van der Waals surface area contributed by atoms with Gasteiger partial charge in [0.25, 0.3) is 11.8 Å². The molecule has 0 fully saturated rings. The van der Waals surface area contributed by atoms with Gasteiger partial charge >= 0.3 is 0 Å². The van der Waals surface area contributed by atoms with E-state index in [4.69, 9.17) is 4.74 Å². The maximum absolute atomic E-state index is 12.8. The normalized spacial score (nSPS) is 13.0. The lowest BCUT2D eigenvalue weighted by Crippen LogP contribution is -2.30. The quantitative estimate of drug-likeness (QED) is 0.366. The highest BCUT2D eigenvalue weighted by atomic mass is 16.5. The fourth-order valence-electron chi connectivity index (χ4n) is 3.70. The number of carbonyl (C=O) groups excluding carboxylic acids is 2. The zero-order valence-electron chi connectivity index (χ0n) is 21.5. The van der Waals surface area contributed by atoms with Gasteiger partial charge in [-0.15, -0.1) is 0 Å². The summed E-state index contributed by atoms with van der Waals surface area (Å²) in [4.78, 5) is 25.5. The van der Waals surface area contributed by atoms with E-state index < -0.39 is 6.10 Å². The number of hydrogen-bond donors (Lipinski definition) is 2. The van der Waals surface area contributed by atoms with E-state index in [0.29, 0.717) is 22.9 Å². The van der Waals surface area contributed by atoms with Gasteiger partial charge < -0.3 is 15.4 Å². The average molecular weight is 473 g/mol. The van der Waals surface area contributed by atoms with Crippen LogP contribution >= 0.6 is 0 Å². The third-order valence-electron chi connectivity index (χ3n) is 6.14. The second-order valence-electron chi connectivity index (χ2n) is 9.96. The molecule has 3 aromatic carbocycles. The maximum atomic E-state index is 12.8. The zero-order chi connectivity index (χ0) is 25.6. The van der Waals surface area contributed by atoms with Gasteiger partial charge in [0.15, 0.2) is 6.10 Å². The molecule has 184 valence electrons. The van der Waals surface area contributed by atoms with E-state index in [1.165, 1.54) is 5.56 Å². The summed E-state index contributed by atoms with van der Waals surface area (Å²) in [6.45, 7) is 12.4. The molecule has 0 bridgehead atoms. The molecule has 0 aromatic heterocycles. The Labute approximate surface area is 208 Å². The summed E-state index contributed by atoms with van der Waals surface area (Å²) in [6.07, 6.45) is 0.306. The Morgan fingerprint density at radius 1 is 0.857 bits per heavy atom. The van der Waals surface area contributed by atoms with Crippen molar-refractivity contribution in [1.29, 1.82) is 0 Å². The van der Waals surface area contributed by atoms with E-state index in [0.717, 1.165) is 17.7 Å². The first-order valence-electron chi connectivity index (χ1n) is 12.2. The second-order valence-corrected chi connectivity index (χ2v) is 9.96. The average Bonchev–Trinajstić information content (AvgIpc) is 2.83. The number of anilines is 2. The molecule has 2 N–H and O–H groups in total. The monoisotopic (exact) mass is 472 g/mol. The molecule has 0 saturated carbocycles. The molecule has 35 heavy (non-hydrogen) atoms. The van der Waals surface area contributed by atoms with Crippen LogP contribution in [0.1, 0.15) is 75.4 Å². The van der Waals surface area contributed by atoms with E-state index >= 15 is 0 Å². The summed E-state index contributed by atoms with van der Waals surface area (Å²) < 4.78 is 6.01. The van der Waals surface area contributed by atoms with E-state index in [1.54, 1.807) is 31.2 Å². The minimum Gasteiger partial charge on any atom is -0.481 e. The summed E-state index contributed by atoms with van der Waals surface area (Å²) in [7, 11) is 0. The first-order valence-corrected chi connectivity index (χ1v) is 12.2. The minimum atomic E-state index is -0.681. The van der Waals surface area contributed by atoms with Crippen molar-refractivity contribution >= 4 is 23.2 Å². The smallest absolute Gasteiger partial charge is 0.265 e. The number of rotatable bonds is 8. The predicted octanol–water partition coefficient (Wildman–Crippen LogP) is 7.16. The molecular weight excluding hydrogens is 436 g/mol. The Balaban J connectivity index is 1.64. The Bertz CT molecular complexity index is 1160. The number of amides is 2. The van der Waals surface area contributed by atoms with E-state index in [2.05, 4.69) is 45.3 Å². The van der Waals surface area contributed by atoms with Crippen LogP contribution in [0.25, 0.3) is 0 Å². The minimum absolute atomic E-state index is 0.0265. The van der Waals surface area contributed by atoms with Gasteiger partial charge in [0, 0.05) is 16.9 Å². The van der Waals surface area contributed by atoms with Crippen LogP contribution in [0.4, 0.5) is 11.4 Å². The lowest BCUT2D eigenvalue weighted by molar-refractivity contribution is -0.122. The maximum Gasteiger partial charge on any atom is 0.265 e. The molecule has 0 spiro atoms. The molecule has 0 aliphatic carbocycles. The Morgan fingerprint density at radius 2 is 1.49 bits per heavy atom. The van der Waals surface area contributed by atoms with Crippen molar-refractivity contribution in [2.45, 2.75) is 65.4 Å². The number of hydrogen-bond acceptors (Lipinski definition) is 3. The van der Waals surface area contributed by atoms with Crippen molar-refractivity contribution in [3.63, 3.8) is 0 Å². The first-order chi connectivity index (χ1) is 16.6. The number of carbonyl (C=O) groups is 2. The van der Waals surface area contributed by atoms with Crippen LogP contribution in [-0.4, -0.2) is 17.9 Å². The highest BCUT2D eigenvalue weighted by Crippen LogP contribution is 2.29. The van der Waals surface area contributed by atoms with Gasteiger partial charge in [-0.1, -0.05) is 71.0 Å². The Hall–Kier alpha value is -3.60. The third-order valence-corrected chi connectivity index (χ3v) is 6.14. The highest BCUT2D eigenvalue weighted by Gasteiger charge is 2.19. The van der Waals surface area contributed by atoms with Crippen LogP contribution < -0.4 is 15.4 Å². The van der Waals surface area contributed by atoms with Gasteiger partial charge in [-0.3, -0.25) is 9.59 Å². The molecule has 3 rings (SSSR count). The lowest BCUT2D eigenvalue weighted by Gasteiger charge is -2.20. The molecule has 2 unspecified atom stereocenters. The standard InChI is InChI=1S/C30H36N2O3/c1-7-20(2)26-13-8-9-14-27(26)35-21(3)28(33)31-24-11-10-12-25(19-24)32-29(34)22-15-17-23(18-16-22)30(4,5)6/h8-21H,7H2,1-6H3,(H,31,33)(H,32,34). The molecule has 0 aliphatic heterocycles. The number of para-hydroxylation sites is 1. The molecule has 3 aromatic rings. The van der Waals surface area contributed by atoms with Crippen molar-refractivity contribution < 1.29 is 14.3 Å². The van der Waals surface area contributed by atoms with Gasteiger partial charge in [-0.2, -0.15) is 0 Å². The van der Waals surface area contributed by atoms with Crippen LogP contribution in [-0.2, 0) is 10.2 Å². The molecule has 0 aliphatic rings. The van der Waals surface area contributed by atoms with Crippen LogP contribution in [0.5, 0.6) is 5.75 Å². The SMILES string of the molecule is CCC(C)c1ccccc1OC(C)C(=O)Nc1cccc(NC(=O)c2ccc(C(C)(C)C)cc2)c1. The largest absolute Gasteiger partial charge is 0.481 e. The van der Waals surface area contributed by atoms with Gasteiger partial charge in [0.05, 0.1) is 0 Å². The summed E-state index contributed by atoms with van der Waals surface area (Å²) in [5.74, 6) is 0.604. The van der Waals surface area contributed by atoms with E-state index in [9.17, 15) is 9.59 Å². The number of nitrogens with one attached hydrogen (secondary N) is 2. The van der Waals surface area contributed by atoms with Gasteiger partial charge in [0.2, 0.25) is 0 Å². The van der Waals surface area contributed by atoms with Crippen molar-refractivity contribution in [2.24, 2.45) is 0 Å². The molecule has 5 nitrogen and oxygen atoms in total. The number of benzene rings is 3. The topological polar surface area (TPSA) is 67.4 Å². The van der Waals surface area contributed by atoms with Crippen LogP contribution in [0, 0.1) is 0 Å². The number of ether oxygens (including phenoxy) is 1. The first kappa shape index (κ1) is 26.0. The van der Waals surface area contributed by atoms with Gasteiger partial charge in [-0.05, 0) is 72.2 Å². The Morgan fingerprint density at radius 3 is 2.11 bits per heavy atom. The fourth-order valence-corrected chi connectivity index (χ4v) is 3.70.